The molecule has 0 heterocycles. The van der Waals surface area contributed by atoms with E-state index >= 15 is 0 Å². The Kier molecular flexibility index (Phi) is 5.91. The molecule has 15 heavy (non-hydrogen) atoms. The second kappa shape index (κ2) is 6.99. The van der Waals surface area contributed by atoms with Crippen molar-refractivity contribution in [2.75, 3.05) is 13.2 Å². The summed E-state index contributed by atoms with van der Waals surface area (Å²) in [5, 5.41) is 12.0. The van der Waals surface area contributed by atoms with Crippen molar-refractivity contribution in [2.24, 2.45) is 0 Å². The second-order valence-corrected chi connectivity index (χ2v) is 4.68. The van der Waals surface area contributed by atoms with Crippen molar-refractivity contribution >= 4 is 15.9 Å². The van der Waals surface area contributed by atoms with Crippen LogP contribution < -0.4 is 5.32 Å². The number of nitrogens with one attached hydrogen (secondary N) is 1. The second-order valence-electron chi connectivity index (χ2n) is 3.76. The Labute approximate surface area is 99.8 Å². The average molecular weight is 272 g/mol. The Bertz CT molecular complexity index is 273. The molecule has 1 atom stereocenters. The molecule has 84 valence electrons. The molecule has 1 aromatic rings. The predicted octanol–water partition coefficient (Wildman–Crippen LogP) is 2.35. The highest BCUT2D eigenvalue weighted by Crippen LogP contribution is 2.11. The van der Waals surface area contributed by atoms with Crippen LogP contribution in [0, 0.1) is 0 Å². The lowest BCUT2D eigenvalue weighted by atomic mass is 10.1. The Morgan fingerprint density at radius 1 is 1.33 bits per heavy atom. The summed E-state index contributed by atoms with van der Waals surface area (Å²) in [6.45, 7) is 3.31. The summed E-state index contributed by atoms with van der Waals surface area (Å²) in [7, 11) is 0. The van der Waals surface area contributed by atoms with Crippen LogP contribution in [0.15, 0.2) is 28.7 Å². The highest BCUT2D eigenvalue weighted by molar-refractivity contribution is 9.10. The first-order valence-corrected chi connectivity index (χ1v) is 6.10. The number of halogens is 1. The lowest BCUT2D eigenvalue weighted by molar-refractivity contribution is 0.283. The zero-order valence-electron chi connectivity index (χ0n) is 9.04. The number of aliphatic hydroxyl groups excluding tert-OH is 1. The molecule has 0 aliphatic rings. The smallest absolute Gasteiger partial charge is 0.0443 e. The summed E-state index contributed by atoms with van der Waals surface area (Å²) in [6, 6.07) is 8.85. The average Bonchev–Trinajstić information content (AvgIpc) is 2.22. The van der Waals surface area contributed by atoms with Crippen LogP contribution in [-0.2, 0) is 6.42 Å². The topological polar surface area (TPSA) is 32.3 Å². The maximum Gasteiger partial charge on any atom is 0.0443 e. The highest BCUT2D eigenvalue weighted by Gasteiger charge is 2.02. The molecule has 1 unspecified atom stereocenters. The third kappa shape index (κ3) is 5.30. The normalized spacial score (nSPS) is 12.7. The van der Waals surface area contributed by atoms with Crippen molar-refractivity contribution in [1.29, 1.82) is 0 Å². The Morgan fingerprint density at radius 2 is 2.00 bits per heavy atom. The Hall–Kier alpha value is -0.380. The minimum Gasteiger partial charge on any atom is -0.396 e. The molecule has 2 nitrogen and oxygen atoms in total. The van der Waals surface area contributed by atoms with Gasteiger partial charge in [-0.05, 0) is 44.0 Å². The zero-order valence-corrected chi connectivity index (χ0v) is 10.6. The molecule has 0 fully saturated rings. The van der Waals surface area contributed by atoms with Crippen molar-refractivity contribution in [3.8, 4) is 0 Å². The van der Waals surface area contributed by atoms with Crippen LogP contribution in [0.5, 0.6) is 0 Å². The fraction of sp³-hybridized carbons (Fsp3) is 0.500. The van der Waals surface area contributed by atoms with Gasteiger partial charge in [0, 0.05) is 17.1 Å². The van der Waals surface area contributed by atoms with E-state index in [0.717, 1.165) is 23.9 Å². The summed E-state index contributed by atoms with van der Waals surface area (Å²) in [4.78, 5) is 0. The predicted molar refractivity (Wildman–Crippen MR) is 67.0 cm³/mol. The number of hydrogen-bond acceptors (Lipinski definition) is 2. The van der Waals surface area contributed by atoms with E-state index in [0.29, 0.717) is 6.04 Å². The molecular weight excluding hydrogens is 254 g/mol. The maximum absolute atomic E-state index is 8.65. The Morgan fingerprint density at radius 3 is 2.60 bits per heavy atom. The molecule has 1 aromatic carbocycles. The molecule has 0 amide bonds. The van der Waals surface area contributed by atoms with Gasteiger partial charge in [0.2, 0.25) is 0 Å². The van der Waals surface area contributed by atoms with E-state index in [1.807, 2.05) is 0 Å². The molecule has 0 radical (unpaired) electrons. The van der Waals surface area contributed by atoms with Crippen molar-refractivity contribution in [2.45, 2.75) is 25.8 Å². The van der Waals surface area contributed by atoms with Gasteiger partial charge in [0.1, 0.15) is 0 Å². The molecule has 3 heteroatoms. The monoisotopic (exact) mass is 271 g/mol. The number of benzene rings is 1. The zero-order chi connectivity index (χ0) is 11.1. The highest BCUT2D eigenvalue weighted by atomic mass is 79.9. The largest absolute Gasteiger partial charge is 0.396 e. The van der Waals surface area contributed by atoms with E-state index in [1.54, 1.807) is 0 Å². The third-order valence-electron chi connectivity index (χ3n) is 2.28. The summed E-state index contributed by atoms with van der Waals surface area (Å²) in [6.07, 6.45) is 1.85. The summed E-state index contributed by atoms with van der Waals surface area (Å²) >= 11 is 3.42. The van der Waals surface area contributed by atoms with Crippen LogP contribution in [-0.4, -0.2) is 24.3 Å². The van der Waals surface area contributed by atoms with Gasteiger partial charge in [-0.2, -0.15) is 0 Å². The van der Waals surface area contributed by atoms with E-state index in [1.165, 1.54) is 5.56 Å². The number of rotatable bonds is 6. The van der Waals surface area contributed by atoms with Gasteiger partial charge >= 0.3 is 0 Å². The first kappa shape index (κ1) is 12.7. The van der Waals surface area contributed by atoms with Gasteiger partial charge in [-0.3, -0.25) is 0 Å². The summed E-state index contributed by atoms with van der Waals surface area (Å²) in [5.41, 5.74) is 1.34. The van der Waals surface area contributed by atoms with Crippen LogP contribution in [0.2, 0.25) is 0 Å². The van der Waals surface area contributed by atoms with Crippen LogP contribution >= 0.6 is 15.9 Å². The van der Waals surface area contributed by atoms with Gasteiger partial charge < -0.3 is 10.4 Å². The molecular formula is C12H18BrNO. The van der Waals surface area contributed by atoms with Gasteiger partial charge in [-0.25, -0.2) is 0 Å². The first-order chi connectivity index (χ1) is 7.22. The first-order valence-electron chi connectivity index (χ1n) is 5.31. The maximum atomic E-state index is 8.65. The van der Waals surface area contributed by atoms with Crippen LogP contribution in [0.4, 0.5) is 0 Å². The third-order valence-corrected chi connectivity index (χ3v) is 2.81. The molecule has 0 aromatic heterocycles. The molecule has 0 saturated carbocycles. The standard InChI is InChI=1S/C12H18BrNO/c1-10(14-7-2-8-15)9-11-3-5-12(13)6-4-11/h3-6,10,14-15H,2,7-9H2,1H3. The molecule has 0 spiro atoms. The fourth-order valence-corrected chi connectivity index (χ4v) is 1.74. The van der Waals surface area contributed by atoms with Gasteiger partial charge in [0.05, 0.1) is 0 Å². The van der Waals surface area contributed by atoms with Crippen LogP contribution in [0.1, 0.15) is 18.9 Å². The van der Waals surface area contributed by atoms with Crippen molar-refractivity contribution in [3.63, 3.8) is 0 Å². The minimum atomic E-state index is 0.262. The van der Waals surface area contributed by atoms with Crippen LogP contribution in [0.25, 0.3) is 0 Å². The number of aliphatic hydroxyl groups is 1. The summed E-state index contributed by atoms with van der Waals surface area (Å²) in [5.74, 6) is 0. The van der Waals surface area contributed by atoms with E-state index in [4.69, 9.17) is 5.11 Å². The van der Waals surface area contributed by atoms with E-state index < -0.39 is 0 Å². The summed E-state index contributed by atoms with van der Waals surface area (Å²) < 4.78 is 1.12. The van der Waals surface area contributed by atoms with Gasteiger partial charge in [0.15, 0.2) is 0 Å². The van der Waals surface area contributed by atoms with E-state index in [2.05, 4.69) is 52.4 Å². The van der Waals surface area contributed by atoms with Gasteiger partial charge in [-0.1, -0.05) is 28.1 Å². The van der Waals surface area contributed by atoms with Crippen molar-refractivity contribution in [1.82, 2.24) is 5.32 Å². The molecule has 0 aliphatic carbocycles. The van der Waals surface area contributed by atoms with Gasteiger partial charge in [-0.15, -0.1) is 0 Å². The van der Waals surface area contributed by atoms with Crippen molar-refractivity contribution in [3.05, 3.63) is 34.3 Å². The van der Waals surface area contributed by atoms with Crippen molar-refractivity contribution < 1.29 is 5.11 Å². The molecule has 1 rings (SSSR count). The minimum absolute atomic E-state index is 0.262. The lowest BCUT2D eigenvalue weighted by Crippen LogP contribution is -2.29. The lowest BCUT2D eigenvalue weighted by Gasteiger charge is -2.13. The Balaban J connectivity index is 2.31. The quantitative estimate of drug-likeness (QED) is 0.779. The SMILES string of the molecule is CC(Cc1ccc(Br)cc1)NCCCO. The van der Waals surface area contributed by atoms with Crippen LogP contribution in [0.3, 0.4) is 0 Å². The molecule has 0 aliphatic heterocycles. The van der Waals surface area contributed by atoms with E-state index in [-0.39, 0.29) is 6.61 Å². The number of hydrogen-bond donors (Lipinski definition) is 2. The van der Waals surface area contributed by atoms with Gasteiger partial charge in [0.25, 0.3) is 0 Å². The molecule has 0 saturated heterocycles. The molecule has 2 N–H and O–H groups in total. The molecule has 0 bridgehead atoms. The van der Waals surface area contributed by atoms with E-state index in [9.17, 15) is 0 Å². The fourth-order valence-electron chi connectivity index (χ4n) is 1.47.